The van der Waals surface area contributed by atoms with Crippen LogP contribution in [0.1, 0.15) is 45.9 Å². The minimum Gasteiger partial charge on any atom is -0.356 e. The Hall–Kier alpha value is -2.11. The van der Waals surface area contributed by atoms with Gasteiger partial charge < -0.3 is 15.1 Å². The topological polar surface area (TPSA) is 60.8 Å². The Bertz CT molecular complexity index is 621. The summed E-state index contributed by atoms with van der Waals surface area (Å²) in [5.74, 6) is 0.932. The van der Waals surface area contributed by atoms with Crippen LogP contribution in [0.25, 0.3) is 0 Å². The molecule has 1 amide bonds. The van der Waals surface area contributed by atoms with Crippen LogP contribution >= 0.6 is 0 Å². The number of rotatable bonds is 4. The number of aryl methyl sites for hydroxylation is 1. The minimum absolute atomic E-state index is 0.147. The van der Waals surface area contributed by atoms with Crippen molar-refractivity contribution in [3.05, 3.63) is 29.6 Å². The van der Waals surface area contributed by atoms with Crippen LogP contribution in [-0.4, -0.2) is 57.9 Å². The first-order chi connectivity index (χ1) is 11.7. The summed E-state index contributed by atoms with van der Waals surface area (Å²) in [6.07, 6.45) is 1.86. The Labute approximate surface area is 151 Å². The van der Waals surface area contributed by atoms with E-state index in [4.69, 9.17) is 4.99 Å². The molecule has 0 aliphatic carbocycles. The van der Waals surface area contributed by atoms with Crippen molar-refractivity contribution in [2.75, 3.05) is 19.6 Å². The van der Waals surface area contributed by atoms with Gasteiger partial charge in [0.2, 0.25) is 5.91 Å². The van der Waals surface area contributed by atoms with Crippen molar-refractivity contribution < 1.29 is 4.79 Å². The standard InChI is InChI=1S/C19H31N5O/c1-7-20-18(22-11-16-9-8-15(4)21-10-16)23-12-17(25)24(14(2)3)19(5,6)13-23/h8-10,14H,7,11-13H2,1-6H3,(H,20,22). The fourth-order valence-corrected chi connectivity index (χ4v) is 3.50. The zero-order chi connectivity index (χ0) is 18.6. The lowest BCUT2D eigenvalue weighted by molar-refractivity contribution is -0.145. The molecular weight excluding hydrogens is 314 g/mol. The highest BCUT2D eigenvalue weighted by Gasteiger charge is 2.40. The first-order valence-electron chi connectivity index (χ1n) is 9.01. The highest BCUT2D eigenvalue weighted by molar-refractivity contribution is 5.88. The Morgan fingerprint density at radius 2 is 2.12 bits per heavy atom. The van der Waals surface area contributed by atoms with E-state index in [0.29, 0.717) is 13.1 Å². The summed E-state index contributed by atoms with van der Waals surface area (Å²) in [4.78, 5) is 25.8. The first-order valence-corrected chi connectivity index (χ1v) is 9.01. The number of aromatic nitrogens is 1. The summed E-state index contributed by atoms with van der Waals surface area (Å²) in [6.45, 7) is 14.8. The van der Waals surface area contributed by atoms with Crippen LogP contribution in [0.2, 0.25) is 0 Å². The summed E-state index contributed by atoms with van der Waals surface area (Å²) >= 11 is 0. The number of hydrogen-bond donors (Lipinski definition) is 1. The predicted octanol–water partition coefficient (Wildman–Crippen LogP) is 2.19. The molecule has 0 atom stereocenters. The van der Waals surface area contributed by atoms with E-state index in [9.17, 15) is 4.79 Å². The summed E-state index contributed by atoms with van der Waals surface area (Å²) in [6, 6.07) is 4.23. The van der Waals surface area contributed by atoms with Crippen molar-refractivity contribution in [3.8, 4) is 0 Å². The van der Waals surface area contributed by atoms with Crippen molar-refractivity contribution >= 4 is 11.9 Å². The minimum atomic E-state index is -0.231. The van der Waals surface area contributed by atoms with E-state index in [-0.39, 0.29) is 17.5 Å². The number of carbonyl (C=O) groups excluding carboxylic acids is 1. The monoisotopic (exact) mass is 345 g/mol. The molecule has 6 heteroatoms. The van der Waals surface area contributed by atoms with E-state index < -0.39 is 0 Å². The van der Waals surface area contributed by atoms with Gasteiger partial charge in [-0.25, -0.2) is 4.99 Å². The molecule has 6 nitrogen and oxygen atoms in total. The van der Waals surface area contributed by atoms with Gasteiger partial charge in [-0.15, -0.1) is 0 Å². The largest absolute Gasteiger partial charge is 0.356 e. The Kier molecular flexibility index (Phi) is 6.03. The number of nitrogens with zero attached hydrogens (tertiary/aromatic N) is 4. The lowest BCUT2D eigenvalue weighted by Crippen LogP contribution is -2.66. The molecular formula is C19H31N5O. The first kappa shape index (κ1) is 19.2. The van der Waals surface area contributed by atoms with E-state index in [1.165, 1.54) is 0 Å². The Morgan fingerprint density at radius 1 is 1.40 bits per heavy atom. The molecule has 25 heavy (non-hydrogen) atoms. The SMILES string of the molecule is CCNC(=NCc1ccc(C)nc1)N1CC(=O)N(C(C)C)C(C)(C)C1. The van der Waals surface area contributed by atoms with Crippen LogP contribution in [0, 0.1) is 6.92 Å². The van der Waals surface area contributed by atoms with Crippen molar-refractivity contribution in [1.82, 2.24) is 20.1 Å². The molecule has 1 aromatic heterocycles. The molecule has 0 aromatic carbocycles. The molecule has 1 saturated heterocycles. The molecule has 138 valence electrons. The van der Waals surface area contributed by atoms with E-state index in [1.807, 2.05) is 37.1 Å². The molecule has 0 saturated carbocycles. The lowest BCUT2D eigenvalue weighted by atomic mass is 9.96. The fraction of sp³-hybridized carbons (Fsp3) is 0.632. The van der Waals surface area contributed by atoms with E-state index >= 15 is 0 Å². The predicted molar refractivity (Wildman–Crippen MR) is 101 cm³/mol. The fourth-order valence-electron chi connectivity index (χ4n) is 3.50. The third kappa shape index (κ3) is 4.71. The van der Waals surface area contributed by atoms with Gasteiger partial charge in [0.15, 0.2) is 5.96 Å². The van der Waals surface area contributed by atoms with E-state index in [1.54, 1.807) is 0 Å². The van der Waals surface area contributed by atoms with Gasteiger partial charge in [0.25, 0.3) is 0 Å². The number of hydrogen-bond acceptors (Lipinski definition) is 3. The third-order valence-electron chi connectivity index (χ3n) is 4.36. The number of nitrogens with one attached hydrogen (secondary N) is 1. The number of aliphatic imine (C=N–C) groups is 1. The van der Waals surface area contributed by atoms with Gasteiger partial charge in [0.1, 0.15) is 0 Å². The van der Waals surface area contributed by atoms with Gasteiger partial charge in [-0.1, -0.05) is 6.07 Å². The molecule has 0 spiro atoms. The van der Waals surface area contributed by atoms with Crippen LogP contribution in [0.5, 0.6) is 0 Å². The van der Waals surface area contributed by atoms with E-state index in [0.717, 1.165) is 30.3 Å². The summed E-state index contributed by atoms with van der Waals surface area (Å²) in [5, 5.41) is 3.32. The number of amides is 1. The van der Waals surface area contributed by atoms with E-state index in [2.05, 4.69) is 42.9 Å². The van der Waals surface area contributed by atoms with Gasteiger partial charge in [-0.2, -0.15) is 0 Å². The van der Waals surface area contributed by atoms with Crippen LogP contribution in [-0.2, 0) is 11.3 Å². The van der Waals surface area contributed by atoms with Crippen LogP contribution in [0.15, 0.2) is 23.3 Å². The van der Waals surface area contributed by atoms with Crippen LogP contribution < -0.4 is 5.32 Å². The highest BCUT2D eigenvalue weighted by atomic mass is 16.2. The summed E-state index contributed by atoms with van der Waals surface area (Å²) in [7, 11) is 0. The zero-order valence-corrected chi connectivity index (χ0v) is 16.3. The second kappa shape index (κ2) is 7.85. The summed E-state index contributed by atoms with van der Waals surface area (Å²) in [5.41, 5.74) is 1.83. The van der Waals surface area contributed by atoms with Gasteiger partial charge in [0.05, 0.1) is 18.6 Å². The molecule has 0 unspecified atom stereocenters. The average Bonchev–Trinajstić information content (AvgIpc) is 2.50. The zero-order valence-electron chi connectivity index (χ0n) is 16.3. The normalized spacial score (nSPS) is 18.0. The maximum absolute atomic E-state index is 12.7. The second-order valence-corrected chi connectivity index (χ2v) is 7.50. The molecule has 1 N–H and O–H groups in total. The van der Waals surface area contributed by atoms with Crippen LogP contribution in [0.4, 0.5) is 0 Å². The average molecular weight is 345 g/mol. The van der Waals surface area contributed by atoms with Gasteiger partial charge in [-0.05, 0) is 53.2 Å². The second-order valence-electron chi connectivity index (χ2n) is 7.50. The molecule has 2 rings (SSSR count). The maximum Gasteiger partial charge on any atom is 0.242 e. The molecule has 0 bridgehead atoms. The molecule has 2 heterocycles. The van der Waals surface area contributed by atoms with Gasteiger partial charge in [0, 0.05) is 31.0 Å². The van der Waals surface area contributed by atoms with Crippen LogP contribution in [0.3, 0.4) is 0 Å². The third-order valence-corrected chi connectivity index (χ3v) is 4.36. The number of pyridine rings is 1. The molecule has 1 aromatic rings. The molecule has 1 aliphatic heterocycles. The Balaban J connectivity index is 2.18. The molecule has 1 fully saturated rings. The van der Waals surface area contributed by atoms with Crippen molar-refractivity contribution in [2.45, 2.75) is 59.7 Å². The smallest absolute Gasteiger partial charge is 0.242 e. The molecule has 1 aliphatic rings. The number of guanidine groups is 1. The number of piperazine rings is 1. The van der Waals surface area contributed by atoms with Crippen molar-refractivity contribution in [1.29, 1.82) is 0 Å². The quantitative estimate of drug-likeness (QED) is 0.671. The van der Waals surface area contributed by atoms with Gasteiger partial charge in [-0.3, -0.25) is 9.78 Å². The highest BCUT2D eigenvalue weighted by Crippen LogP contribution is 2.24. The maximum atomic E-state index is 12.7. The van der Waals surface area contributed by atoms with Gasteiger partial charge >= 0.3 is 0 Å². The number of carbonyl (C=O) groups is 1. The summed E-state index contributed by atoms with van der Waals surface area (Å²) < 4.78 is 0. The lowest BCUT2D eigenvalue weighted by Gasteiger charge is -2.49. The van der Waals surface area contributed by atoms with Crippen molar-refractivity contribution in [3.63, 3.8) is 0 Å². The Morgan fingerprint density at radius 3 is 2.64 bits per heavy atom. The molecule has 0 radical (unpaired) electrons. The van der Waals surface area contributed by atoms with Crippen molar-refractivity contribution in [2.24, 2.45) is 4.99 Å².